The molecular formula is C17H8ClF3N2O3S2. The van der Waals surface area contributed by atoms with Crippen molar-refractivity contribution in [2.45, 2.75) is 6.18 Å². The van der Waals surface area contributed by atoms with E-state index in [1.54, 1.807) is 0 Å². The molecule has 1 heterocycles. The van der Waals surface area contributed by atoms with Gasteiger partial charge in [-0.05, 0) is 30.3 Å². The van der Waals surface area contributed by atoms with Crippen LogP contribution in [0.15, 0.2) is 47.4 Å². The van der Waals surface area contributed by atoms with Gasteiger partial charge in [-0.15, -0.1) is 0 Å². The van der Waals surface area contributed by atoms with Crippen LogP contribution >= 0.6 is 35.6 Å². The summed E-state index contributed by atoms with van der Waals surface area (Å²) < 4.78 is 38.9. The van der Waals surface area contributed by atoms with E-state index >= 15 is 0 Å². The van der Waals surface area contributed by atoms with Crippen molar-refractivity contribution in [2.75, 3.05) is 4.90 Å². The van der Waals surface area contributed by atoms with Crippen LogP contribution in [0.2, 0.25) is 5.02 Å². The van der Waals surface area contributed by atoms with E-state index in [0.29, 0.717) is 0 Å². The van der Waals surface area contributed by atoms with Gasteiger partial charge < -0.3 is 0 Å². The summed E-state index contributed by atoms with van der Waals surface area (Å²) in [4.78, 5) is 24.1. The van der Waals surface area contributed by atoms with Crippen LogP contribution in [-0.2, 0) is 11.0 Å². The molecule has 0 aliphatic carbocycles. The Balaban J connectivity index is 1.98. The van der Waals surface area contributed by atoms with E-state index < -0.39 is 22.6 Å². The number of hydrogen-bond acceptors (Lipinski definition) is 5. The summed E-state index contributed by atoms with van der Waals surface area (Å²) in [6.45, 7) is 0. The van der Waals surface area contributed by atoms with Crippen molar-refractivity contribution in [3.63, 3.8) is 0 Å². The van der Waals surface area contributed by atoms with Gasteiger partial charge in [0, 0.05) is 22.7 Å². The van der Waals surface area contributed by atoms with Gasteiger partial charge in [-0.25, -0.2) is 0 Å². The fourth-order valence-corrected chi connectivity index (χ4v) is 3.87. The molecule has 1 amide bonds. The summed E-state index contributed by atoms with van der Waals surface area (Å²) in [5, 5.41) is 11.1. The number of carbonyl (C=O) groups is 1. The lowest BCUT2D eigenvalue weighted by Gasteiger charge is -2.16. The number of benzene rings is 2. The van der Waals surface area contributed by atoms with E-state index in [9.17, 15) is 28.1 Å². The predicted molar refractivity (Wildman–Crippen MR) is 105 cm³/mol. The second-order valence-electron chi connectivity index (χ2n) is 5.53. The normalized spacial score (nSPS) is 16.1. The number of nitro benzene ring substituents is 1. The molecule has 0 spiro atoms. The molecule has 0 radical (unpaired) electrons. The molecule has 28 heavy (non-hydrogen) atoms. The Bertz CT molecular complexity index is 1040. The number of hydrogen-bond donors (Lipinski definition) is 0. The zero-order valence-corrected chi connectivity index (χ0v) is 16.0. The third-order valence-corrected chi connectivity index (χ3v) is 5.35. The summed E-state index contributed by atoms with van der Waals surface area (Å²) in [7, 11) is 0. The fourth-order valence-electron chi connectivity index (χ4n) is 2.41. The summed E-state index contributed by atoms with van der Waals surface area (Å²) >= 11 is 12.0. The molecule has 1 saturated heterocycles. The van der Waals surface area contributed by atoms with E-state index in [1.165, 1.54) is 36.4 Å². The van der Waals surface area contributed by atoms with Crippen LogP contribution in [0, 0.1) is 10.1 Å². The highest BCUT2D eigenvalue weighted by molar-refractivity contribution is 8.27. The molecule has 2 aromatic rings. The summed E-state index contributed by atoms with van der Waals surface area (Å²) in [6, 6.07) is 7.96. The first kappa shape index (κ1) is 20.3. The minimum absolute atomic E-state index is 0.0223. The van der Waals surface area contributed by atoms with Crippen molar-refractivity contribution >= 4 is 63.3 Å². The van der Waals surface area contributed by atoms with Crippen LogP contribution in [0.3, 0.4) is 0 Å². The van der Waals surface area contributed by atoms with Crippen molar-refractivity contribution in [3.8, 4) is 0 Å². The third-order valence-electron chi connectivity index (χ3n) is 3.70. The Morgan fingerprint density at radius 3 is 2.57 bits per heavy atom. The van der Waals surface area contributed by atoms with Crippen LogP contribution < -0.4 is 4.90 Å². The molecule has 1 fully saturated rings. The van der Waals surface area contributed by atoms with E-state index in [1.807, 2.05) is 0 Å². The van der Waals surface area contributed by atoms with Gasteiger partial charge >= 0.3 is 6.18 Å². The summed E-state index contributed by atoms with van der Waals surface area (Å²) in [5.74, 6) is -0.642. The first-order valence-electron chi connectivity index (χ1n) is 7.47. The number of halogens is 4. The standard InChI is InChI=1S/C17H8ClF3N2O3S2/c18-13-5-4-12(23(25)26)6-9(13)7-14-15(24)22(16(27)28-14)11-3-1-2-10(8-11)17(19,20)21/h1-8H. The van der Waals surface area contributed by atoms with Crippen LogP contribution in [0.4, 0.5) is 24.5 Å². The molecule has 0 unspecified atom stereocenters. The lowest BCUT2D eigenvalue weighted by molar-refractivity contribution is -0.384. The molecule has 144 valence electrons. The van der Waals surface area contributed by atoms with E-state index in [4.69, 9.17) is 23.8 Å². The molecule has 0 saturated carbocycles. The van der Waals surface area contributed by atoms with Crippen LogP contribution in [0.25, 0.3) is 6.08 Å². The highest BCUT2D eigenvalue weighted by Gasteiger charge is 2.36. The Kier molecular flexibility index (Phi) is 5.46. The van der Waals surface area contributed by atoms with E-state index in [0.717, 1.165) is 28.8 Å². The largest absolute Gasteiger partial charge is 0.416 e. The van der Waals surface area contributed by atoms with Gasteiger partial charge in [0.2, 0.25) is 0 Å². The number of anilines is 1. The molecule has 0 N–H and O–H groups in total. The topological polar surface area (TPSA) is 63.4 Å². The van der Waals surface area contributed by atoms with Gasteiger partial charge in [-0.2, -0.15) is 13.2 Å². The molecule has 0 aromatic heterocycles. The zero-order chi connectivity index (χ0) is 20.6. The van der Waals surface area contributed by atoms with E-state index in [-0.39, 0.29) is 31.2 Å². The lowest BCUT2D eigenvalue weighted by Crippen LogP contribution is -2.27. The van der Waals surface area contributed by atoms with E-state index in [2.05, 4.69) is 0 Å². The third kappa shape index (κ3) is 4.03. The Hall–Kier alpha value is -2.43. The summed E-state index contributed by atoms with van der Waals surface area (Å²) in [5.41, 5.74) is -0.931. The Morgan fingerprint density at radius 1 is 1.21 bits per heavy atom. The fraction of sp³-hybridized carbons (Fsp3) is 0.0588. The molecule has 2 aromatic carbocycles. The molecule has 1 aliphatic rings. The molecule has 11 heteroatoms. The van der Waals surface area contributed by atoms with Crippen molar-refractivity contribution in [3.05, 3.63) is 73.6 Å². The average molecular weight is 445 g/mol. The Morgan fingerprint density at radius 2 is 1.93 bits per heavy atom. The number of nitrogens with zero attached hydrogens (tertiary/aromatic N) is 2. The highest BCUT2D eigenvalue weighted by Crippen LogP contribution is 2.39. The van der Waals surface area contributed by atoms with Gasteiger partial charge in [0.05, 0.1) is 21.1 Å². The van der Waals surface area contributed by atoms with Crippen molar-refractivity contribution in [1.29, 1.82) is 0 Å². The van der Waals surface area contributed by atoms with Gasteiger partial charge in [0.15, 0.2) is 4.32 Å². The summed E-state index contributed by atoms with van der Waals surface area (Å²) in [6.07, 6.45) is -3.25. The second-order valence-corrected chi connectivity index (χ2v) is 7.61. The number of carbonyl (C=O) groups excluding carboxylic acids is 1. The lowest BCUT2D eigenvalue weighted by atomic mass is 10.1. The maximum absolute atomic E-state index is 12.9. The maximum Gasteiger partial charge on any atom is 0.416 e. The predicted octanol–water partition coefficient (Wildman–Crippen LogP) is 5.67. The van der Waals surface area contributed by atoms with Gasteiger partial charge in [-0.1, -0.05) is 41.6 Å². The van der Waals surface area contributed by atoms with Crippen LogP contribution in [0.5, 0.6) is 0 Å². The monoisotopic (exact) mass is 444 g/mol. The average Bonchev–Trinajstić information content (AvgIpc) is 2.89. The minimum atomic E-state index is -4.57. The molecule has 0 bridgehead atoms. The van der Waals surface area contributed by atoms with Gasteiger partial charge in [0.25, 0.3) is 11.6 Å². The molecule has 1 aliphatic heterocycles. The highest BCUT2D eigenvalue weighted by atomic mass is 35.5. The number of amides is 1. The maximum atomic E-state index is 12.9. The zero-order valence-electron chi connectivity index (χ0n) is 13.6. The number of rotatable bonds is 3. The number of nitro groups is 1. The minimum Gasteiger partial charge on any atom is -0.268 e. The molecule has 5 nitrogen and oxygen atoms in total. The molecule has 0 atom stereocenters. The van der Waals surface area contributed by atoms with Crippen molar-refractivity contribution < 1.29 is 22.9 Å². The number of non-ortho nitro benzene ring substituents is 1. The van der Waals surface area contributed by atoms with Crippen molar-refractivity contribution in [1.82, 2.24) is 0 Å². The number of alkyl halides is 3. The smallest absolute Gasteiger partial charge is 0.268 e. The SMILES string of the molecule is O=C1C(=Cc2cc([N+](=O)[O-])ccc2Cl)SC(=S)N1c1cccc(C(F)(F)F)c1. The van der Waals surface area contributed by atoms with Gasteiger partial charge in [-0.3, -0.25) is 19.8 Å². The second kappa shape index (κ2) is 7.53. The quantitative estimate of drug-likeness (QED) is 0.264. The number of thioether (sulfide) groups is 1. The first-order chi connectivity index (χ1) is 13.1. The molecule has 3 rings (SSSR count). The van der Waals surface area contributed by atoms with Crippen molar-refractivity contribution in [2.24, 2.45) is 0 Å². The first-order valence-corrected chi connectivity index (χ1v) is 9.07. The van der Waals surface area contributed by atoms with Crippen LogP contribution in [-0.4, -0.2) is 15.2 Å². The number of thiocarbonyl (C=S) groups is 1. The van der Waals surface area contributed by atoms with Crippen LogP contribution in [0.1, 0.15) is 11.1 Å². The van der Waals surface area contributed by atoms with Gasteiger partial charge in [0.1, 0.15) is 0 Å². The Labute approximate surface area is 170 Å². The molecular weight excluding hydrogens is 437 g/mol.